The number of aryl methyl sites for hydroxylation is 2. The third-order valence-corrected chi connectivity index (χ3v) is 4.37. The molecule has 1 fully saturated rings. The van der Waals surface area contributed by atoms with E-state index in [1.165, 1.54) is 0 Å². The summed E-state index contributed by atoms with van der Waals surface area (Å²) in [5.41, 5.74) is 8.72. The van der Waals surface area contributed by atoms with Crippen LogP contribution in [0.25, 0.3) is 0 Å². The number of hydrogen-bond acceptors (Lipinski definition) is 3. The largest absolute Gasteiger partial charge is 0.392 e. The maximum atomic E-state index is 12.6. The smallest absolute Gasteiger partial charge is 0.253 e. The Hall–Kier alpha value is -1.46. The molecule has 1 unspecified atom stereocenters. The topological polar surface area (TPSA) is 49.6 Å². The second-order valence-corrected chi connectivity index (χ2v) is 6.25. The van der Waals surface area contributed by atoms with Gasteiger partial charge in [-0.05, 0) is 32.9 Å². The van der Waals surface area contributed by atoms with Crippen molar-refractivity contribution >= 4 is 23.1 Å². The molecule has 2 rings (SSSR count). The van der Waals surface area contributed by atoms with Crippen LogP contribution < -0.4 is 5.73 Å². The number of piperazine rings is 1. The van der Waals surface area contributed by atoms with Crippen molar-refractivity contribution in [3.05, 3.63) is 34.9 Å². The normalized spacial score (nSPS) is 17.6. The first kappa shape index (κ1) is 15.9. The van der Waals surface area contributed by atoms with Gasteiger partial charge in [0.15, 0.2) is 0 Å². The standard InChI is InChI=1S/C16H23N3OS/c1-11-8-12(2)10-14(9-11)16(20)19-6-4-18(5-7-19)13(3)15(17)21/h8-10,13H,4-7H2,1-3H3,(H2,17,21). The molecule has 1 saturated heterocycles. The van der Waals surface area contributed by atoms with Gasteiger partial charge in [-0.25, -0.2) is 0 Å². The second-order valence-electron chi connectivity index (χ2n) is 5.78. The van der Waals surface area contributed by atoms with Crippen LogP contribution in [0, 0.1) is 13.8 Å². The molecule has 0 saturated carbocycles. The predicted molar refractivity (Wildman–Crippen MR) is 89.6 cm³/mol. The lowest BCUT2D eigenvalue weighted by atomic mass is 10.1. The number of benzene rings is 1. The van der Waals surface area contributed by atoms with Crippen LogP contribution in [0.4, 0.5) is 0 Å². The Bertz CT molecular complexity index is 530. The molecule has 0 bridgehead atoms. The molecule has 1 aliphatic heterocycles. The van der Waals surface area contributed by atoms with E-state index in [0.29, 0.717) is 4.99 Å². The molecule has 1 aromatic carbocycles. The zero-order valence-electron chi connectivity index (χ0n) is 12.9. The number of amides is 1. The molecule has 1 aliphatic rings. The number of thiocarbonyl (C=S) groups is 1. The Morgan fingerprint density at radius 1 is 1.14 bits per heavy atom. The molecule has 21 heavy (non-hydrogen) atoms. The highest BCUT2D eigenvalue weighted by Gasteiger charge is 2.25. The third-order valence-electron chi connectivity index (χ3n) is 4.03. The molecule has 0 spiro atoms. The van der Waals surface area contributed by atoms with Gasteiger partial charge in [0.25, 0.3) is 5.91 Å². The number of rotatable bonds is 3. The number of nitrogens with two attached hydrogens (primary N) is 1. The average molecular weight is 305 g/mol. The second kappa shape index (κ2) is 6.54. The predicted octanol–water partition coefficient (Wildman–Crippen LogP) is 1.74. The number of hydrogen-bond donors (Lipinski definition) is 1. The minimum Gasteiger partial charge on any atom is -0.392 e. The summed E-state index contributed by atoms with van der Waals surface area (Å²) in [6.07, 6.45) is 0. The molecule has 1 aromatic rings. The summed E-state index contributed by atoms with van der Waals surface area (Å²) in [6, 6.07) is 6.09. The molecular formula is C16H23N3OS. The fourth-order valence-corrected chi connectivity index (χ4v) is 2.92. The van der Waals surface area contributed by atoms with Crippen LogP contribution in [0.5, 0.6) is 0 Å². The van der Waals surface area contributed by atoms with Crippen LogP contribution in [-0.4, -0.2) is 52.9 Å². The van der Waals surface area contributed by atoms with Gasteiger partial charge in [-0.3, -0.25) is 9.69 Å². The van der Waals surface area contributed by atoms with Crippen LogP contribution in [0.15, 0.2) is 18.2 Å². The van der Waals surface area contributed by atoms with E-state index >= 15 is 0 Å². The Labute approximate surface area is 131 Å². The van der Waals surface area contributed by atoms with Crippen molar-refractivity contribution in [2.45, 2.75) is 26.8 Å². The minimum absolute atomic E-state index is 0.0958. The highest BCUT2D eigenvalue weighted by molar-refractivity contribution is 7.80. The molecule has 0 aromatic heterocycles. The zero-order chi connectivity index (χ0) is 15.6. The number of carbonyl (C=O) groups excluding carboxylic acids is 1. The number of nitrogens with zero attached hydrogens (tertiary/aromatic N) is 2. The highest BCUT2D eigenvalue weighted by Crippen LogP contribution is 2.14. The zero-order valence-corrected chi connectivity index (χ0v) is 13.7. The maximum Gasteiger partial charge on any atom is 0.253 e. The van der Waals surface area contributed by atoms with Gasteiger partial charge in [-0.15, -0.1) is 0 Å². The summed E-state index contributed by atoms with van der Waals surface area (Å²) in [7, 11) is 0. The van der Waals surface area contributed by atoms with Gasteiger partial charge in [0, 0.05) is 31.7 Å². The van der Waals surface area contributed by atoms with E-state index in [-0.39, 0.29) is 11.9 Å². The van der Waals surface area contributed by atoms with Gasteiger partial charge < -0.3 is 10.6 Å². The lowest BCUT2D eigenvalue weighted by Crippen LogP contribution is -2.53. The van der Waals surface area contributed by atoms with Crippen LogP contribution in [-0.2, 0) is 0 Å². The lowest BCUT2D eigenvalue weighted by molar-refractivity contribution is 0.0621. The van der Waals surface area contributed by atoms with E-state index in [4.69, 9.17) is 18.0 Å². The van der Waals surface area contributed by atoms with Crippen molar-refractivity contribution in [3.8, 4) is 0 Å². The van der Waals surface area contributed by atoms with E-state index in [1.54, 1.807) is 0 Å². The molecule has 1 amide bonds. The maximum absolute atomic E-state index is 12.6. The van der Waals surface area contributed by atoms with E-state index in [1.807, 2.05) is 37.8 Å². The quantitative estimate of drug-likeness (QED) is 0.864. The van der Waals surface area contributed by atoms with Crippen molar-refractivity contribution in [2.75, 3.05) is 26.2 Å². The molecular weight excluding hydrogens is 282 g/mol. The summed E-state index contributed by atoms with van der Waals surface area (Å²) >= 11 is 5.04. The minimum atomic E-state index is 0.0958. The van der Waals surface area contributed by atoms with Crippen LogP contribution >= 0.6 is 12.2 Å². The van der Waals surface area contributed by atoms with Gasteiger partial charge in [0.2, 0.25) is 0 Å². The van der Waals surface area contributed by atoms with E-state index in [2.05, 4.69) is 11.0 Å². The Morgan fingerprint density at radius 3 is 2.14 bits per heavy atom. The Kier molecular flexibility index (Phi) is 4.96. The molecule has 114 valence electrons. The molecule has 4 nitrogen and oxygen atoms in total. The van der Waals surface area contributed by atoms with Crippen molar-refractivity contribution in [3.63, 3.8) is 0 Å². The van der Waals surface area contributed by atoms with Gasteiger partial charge in [-0.1, -0.05) is 29.4 Å². The Balaban J connectivity index is 2.01. The highest BCUT2D eigenvalue weighted by atomic mass is 32.1. The molecule has 1 atom stereocenters. The molecule has 0 aliphatic carbocycles. The van der Waals surface area contributed by atoms with Gasteiger partial charge in [0.05, 0.1) is 11.0 Å². The molecule has 5 heteroatoms. The fraction of sp³-hybridized carbons (Fsp3) is 0.500. The first-order valence-electron chi connectivity index (χ1n) is 7.29. The molecule has 1 heterocycles. The lowest BCUT2D eigenvalue weighted by Gasteiger charge is -2.37. The summed E-state index contributed by atoms with van der Waals surface area (Å²) in [4.78, 5) is 17.2. The monoisotopic (exact) mass is 305 g/mol. The Morgan fingerprint density at radius 2 is 1.67 bits per heavy atom. The molecule has 2 N–H and O–H groups in total. The van der Waals surface area contributed by atoms with Crippen molar-refractivity contribution in [1.29, 1.82) is 0 Å². The van der Waals surface area contributed by atoms with Gasteiger partial charge in [0.1, 0.15) is 0 Å². The van der Waals surface area contributed by atoms with Crippen LogP contribution in [0.2, 0.25) is 0 Å². The average Bonchev–Trinajstić information content (AvgIpc) is 2.44. The van der Waals surface area contributed by atoms with E-state index in [0.717, 1.165) is 42.9 Å². The summed E-state index contributed by atoms with van der Waals surface area (Å²) < 4.78 is 0. The summed E-state index contributed by atoms with van der Waals surface area (Å²) in [6.45, 7) is 9.13. The van der Waals surface area contributed by atoms with Crippen LogP contribution in [0.1, 0.15) is 28.4 Å². The van der Waals surface area contributed by atoms with Gasteiger partial charge >= 0.3 is 0 Å². The first-order valence-corrected chi connectivity index (χ1v) is 7.70. The third kappa shape index (κ3) is 3.80. The van der Waals surface area contributed by atoms with Crippen LogP contribution in [0.3, 0.4) is 0 Å². The van der Waals surface area contributed by atoms with E-state index in [9.17, 15) is 4.79 Å². The van der Waals surface area contributed by atoms with Gasteiger partial charge in [-0.2, -0.15) is 0 Å². The summed E-state index contributed by atoms with van der Waals surface area (Å²) in [5.74, 6) is 0.115. The summed E-state index contributed by atoms with van der Waals surface area (Å²) in [5, 5.41) is 0. The van der Waals surface area contributed by atoms with Crippen molar-refractivity contribution in [2.24, 2.45) is 5.73 Å². The first-order chi connectivity index (χ1) is 9.88. The van der Waals surface area contributed by atoms with Crippen molar-refractivity contribution < 1.29 is 4.79 Å². The number of carbonyl (C=O) groups is 1. The SMILES string of the molecule is Cc1cc(C)cc(C(=O)N2CCN(C(C)C(N)=S)CC2)c1. The fourth-order valence-electron chi connectivity index (χ4n) is 2.77. The van der Waals surface area contributed by atoms with E-state index < -0.39 is 0 Å². The van der Waals surface area contributed by atoms with Crippen molar-refractivity contribution in [1.82, 2.24) is 9.80 Å². The molecule has 0 radical (unpaired) electrons.